The van der Waals surface area contributed by atoms with E-state index in [9.17, 15) is 9.18 Å². The number of benzene rings is 2. The van der Waals surface area contributed by atoms with Gasteiger partial charge in [-0.25, -0.2) is 13.7 Å². The summed E-state index contributed by atoms with van der Waals surface area (Å²) in [6.07, 6.45) is 6.68. The van der Waals surface area contributed by atoms with Gasteiger partial charge in [-0.05, 0) is 95.8 Å². The number of fused-ring (bicyclic) bond motifs is 1. The van der Waals surface area contributed by atoms with Crippen molar-refractivity contribution in [1.29, 1.82) is 0 Å². The molecule has 50 heavy (non-hydrogen) atoms. The molecule has 9 heteroatoms. The summed E-state index contributed by atoms with van der Waals surface area (Å²) in [7, 11) is 1.39. The minimum absolute atomic E-state index is 0.119. The molecule has 1 saturated heterocycles. The third-order valence-corrected chi connectivity index (χ3v) is 9.05. The molecule has 2 atom stereocenters. The lowest BCUT2D eigenvalue weighted by Crippen LogP contribution is -2.45. The molecule has 1 fully saturated rings. The molecule has 0 spiro atoms. The Bertz CT molecular complexity index is 1850. The van der Waals surface area contributed by atoms with Crippen LogP contribution in [0.25, 0.3) is 27.9 Å². The number of nitrogens with zero attached hydrogens (tertiary/aromatic N) is 3. The molecule has 266 valence electrons. The largest absolute Gasteiger partial charge is 0.490 e. The topological polar surface area (TPSA) is 74.5 Å². The number of ether oxygens (including phenoxy) is 4. The molecule has 2 aromatic heterocycles. The van der Waals surface area contributed by atoms with Crippen LogP contribution >= 0.6 is 0 Å². The molecule has 0 N–H and O–H groups in total. The number of aryl methyl sites for hydroxylation is 1. The molecule has 1 aliphatic heterocycles. The number of pyridine rings is 1. The Balaban J connectivity index is 1.64. The number of methoxy groups -OCH3 is 1. The van der Waals surface area contributed by atoms with Gasteiger partial charge in [0.1, 0.15) is 11.6 Å². The highest BCUT2D eigenvalue weighted by Gasteiger charge is 2.37. The Hall–Kier alpha value is -4.47. The van der Waals surface area contributed by atoms with Crippen LogP contribution in [0.5, 0.6) is 5.75 Å². The van der Waals surface area contributed by atoms with Gasteiger partial charge in [0.25, 0.3) is 0 Å². The summed E-state index contributed by atoms with van der Waals surface area (Å²) in [5.41, 5.74) is 5.44. The molecular formula is C41H50FN3O5. The van der Waals surface area contributed by atoms with Crippen molar-refractivity contribution in [3.8, 4) is 28.1 Å². The van der Waals surface area contributed by atoms with Crippen LogP contribution in [0.15, 0.2) is 80.0 Å². The number of aromatic nitrogens is 2. The van der Waals surface area contributed by atoms with Crippen molar-refractivity contribution in [1.82, 2.24) is 9.61 Å². The predicted octanol–water partition coefficient (Wildman–Crippen LogP) is 9.05. The van der Waals surface area contributed by atoms with E-state index in [1.807, 2.05) is 75.7 Å². The monoisotopic (exact) mass is 683 g/mol. The molecule has 0 aliphatic carbocycles. The third-order valence-electron chi connectivity index (χ3n) is 9.05. The van der Waals surface area contributed by atoms with E-state index in [1.54, 1.807) is 18.2 Å². The standard InChI is InChI=1S/C41H50FN3O5/c1-10-13-28(4)49-35-17-16-31(42)24-32(35)29-14-12-15-30(23-29)33-25-34-37(44-20-18-41(8,19-21-44)48-22-11-2)36(27(3)26-45(34)43-33)38(39(46)47-9)50-40(5,6)7/h10-12,14-17,23-26,28,38H,1-2,13,18-22H2,3-9H3/t28-,38?/m0/s1. The van der Waals surface area contributed by atoms with Gasteiger partial charge < -0.3 is 23.8 Å². The van der Waals surface area contributed by atoms with Crippen LogP contribution < -0.4 is 9.64 Å². The SMILES string of the molecule is C=CCOC1(C)CCN(c2c(C(OC(C)(C)C)C(=O)OC)c(C)cn3nc(-c4cccc(-c5cc(F)ccc5O[C@@H](C)CC=C)c4)cc23)CC1. The van der Waals surface area contributed by atoms with Gasteiger partial charge in [-0.2, -0.15) is 5.10 Å². The summed E-state index contributed by atoms with van der Waals surface area (Å²) in [5, 5.41) is 5.04. The molecule has 0 amide bonds. The molecular weight excluding hydrogens is 633 g/mol. The Labute approximate surface area is 295 Å². The highest BCUT2D eigenvalue weighted by atomic mass is 19.1. The van der Waals surface area contributed by atoms with Crippen molar-refractivity contribution < 1.29 is 28.1 Å². The van der Waals surface area contributed by atoms with E-state index >= 15 is 0 Å². The van der Waals surface area contributed by atoms with Crippen LogP contribution in [-0.2, 0) is 19.0 Å². The van der Waals surface area contributed by atoms with Gasteiger partial charge in [-0.3, -0.25) is 0 Å². The van der Waals surface area contributed by atoms with Gasteiger partial charge in [0, 0.05) is 42.4 Å². The molecule has 0 saturated carbocycles. The summed E-state index contributed by atoms with van der Waals surface area (Å²) in [4.78, 5) is 15.7. The lowest BCUT2D eigenvalue weighted by Gasteiger charge is -2.41. The van der Waals surface area contributed by atoms with E-state index in [2.05, 4.69) is 25.0 Å². The summed E-state index contributed by atoms with van der Waals surface area (Å²) < 4.78 is 40.6. The molecule has 3 heterocycles. The van der Waals surface area contributed by atoms with E-state index < -0.39 is 17.7 Å². The second-order valence-corrected chi connectivity index (χ2v) is 14.3. The normalized spacial score (nSPS) is 15.8. The summed E-state index contributed by atoms with van der Waals surface area (Å²) >= 11 is 0. The average Bonchev–Trinajstić information content (AvgIpc) is 3.50. The molecule has 2 aromatic carbocycles. The average molecular weight is 684 g/mol. The highest BCUT2D eigenvalue weighted by molar-refractivity contribution is 5.88. The first-order chi connectivity index (χ1) is 23.8. The second kappa shape index (κ2) is 15.2. The molecule has 5 rings (SSSR count). The van der Waals surface area contributed by atoms with Crippen LogP contribution in [0.1, 0.15) is 71.1 Å². The Kier molecular flexibility index (Phi) is 11.2. The quantitative estimate of drug-likeness (QED) is 0.103. The minimum atomic E-state index is -0.957. The maximum Gasteiger partial charge on any atom is 0.339 e. The smallest absolute Gasteiger partial charge is 0.339 e. The molecule has 0 bridgehead atoms. The maximum absolute atomic E-state index is 14.6. The Morgan fingerprint density at radius 2 is 1.80 bits per heavy atom. The fraction of sp³-hybridized carbons (Fsp3) is 0.415. The van der Waals surface area contributed by atoms with Crippen molar-refractivity contribution in [2.24, 2.45) is 0 Å². The van der Waals surface area contributed by atoms with Crippen LogP contribution in [-0.4, -0.2) is 59.7 Å². The third kappa shape index (κ3) is 8.28. The number of hydrogen-bond acceptors (Lipinski definition) is 7. The zero-order chi connectivity index (χ0) is 36.2. The van der Waals surface area contributed by atoms with Gasteiger partial charge in [0.05, 0.1) is 47.9 Å². The van der Waals surface area contributed by atoms with E-state index in [-0.39, 0.29) is 17.5 Å². The maximum atomic E-state index is 14.6. The summed E-state index contributed by atoms with van der Waals surface area (Å²) in [5.74, 6) is -0.218. The fourth-order valence-corrected chi connectivity index (χ4v) is 6.52. The second-order valence-electron chi connectivity index (χ2n) is 14.3. The van der Waals surface area contributed by atoms with Crippen molar-refractivity contribution in [2.75, 3.05) is 31.7 Å². The molecule has 8 nitrogen and oxygen atoms in total. The van der Waals surface area contributed by atoms with Crippen molar-refractivity contribution in [3.05, 3.63) is 97.0 Å². The predicted molar refractivity (Wildman–Crippen MR) is 197 cm³/mol. The zero-order valence-electron chi connectivity index (χ0n) is 30.4. The summed E-state index contributed by atoms with van der Waals surface area (Å²) in [6.45, 7) is 21.4. The van der Waals surface area contributed by atoms with Gasteiger partial charge in [0.15, 0.2) is 6.10 Å². The zero-order valence-corrected chi connectivity index (χ0v) is 30.4. The van der Waals surface area contributed by atoms with Gasteiger partial charge >= 0.3 is 5.97 Å². The molecule has 1 unspecified atom stereocenters. The number of rotatable bonds is 13. The van der Waals surface area contributed by atoms with Gasteiger partial charge in [-0.15, -0.1) is 13.2 Å². The number of anilines is 1. The van der Waals surface area contributed by atoms with Crippen LogP contribution in [0.4, 0.5) is 10.1 Å². The highest BCUT2D eigenvalue weighted by Crippen LogP contribution is 2.42. The van der Waals surface area contributed by atoms with E-state index in [0.29, 0.717) is 37.4 Å². The first-order valence-electron chi connectivity index (χ1n) is 17.2. The van der Waals surface area contributed by atoms with Crippen LogP contribution in [0.2, 0.25) is 0 Å². The van der Waals surface area contributed by atoms with E-state index in [4.69, 9.17) is 24.0 Å². The number of carbonyl (C=O) groups is 1. The molecule has 1 aliphatic rings. The number of hydrogen-bond donors (Lipinski definition) is 0. The van der Waals surface area contributed by atoms with E-state index in [1.165, 1.54) is 19.2 Å². The van der Waals surface area contributed by atoms with E-state index in [0.717, 1.165) is 52.0 Å². The van der Waals surface area contributed by atoms with Crippen molar-refractivity contribution in [3.63, 3.8) is 0 Å². The number of halogens is 1. The van der Waals surface area contributed by atoms with Gasteiger partial charge in [0.2, 0.25) is 0 Å². The first-order valence-corrected chi connectivity index (χ1v) is 17.2. The van der Waals surface area contributed by atoms with Crippen LogP contribution in [0, 0.1) is 12.7 Å². The summed E-state index contributed by atoms with van der Waals surface area (Å²) in [6, 6.07) is 14.5. The fourth-order valence-electron chi connectivity index (χ4n) is 6.52. The number of esters is 1. The molecule has 4 aromatic rings. The van der Waals surface area contributed by atoms with Crippen molar-refractivity contribution in [2.45, 2.75) is 84.2 Å². The lowest BCUT2D eigenvalue weighted by molar-refractivity contribution is -0.164. The van der Waals surface area contributed by atoms with Crippen LogP contribution in [0.3, 0.4) is 0 Å². The molecule has 0 radical (unpaired) electrons. The first kappa shape index (κ1) is 36.8. The number of carbonyl (C=O) groups excluding carboxylic acids is 1. The lowest BCUT2D eigenvalue weighted by atomic mass is 9.91. The van der Waals surface area contributed by atoms with Gasteiger partial charge in [-0.1, -0.05) is 30.4 Å². The van der Waals surface area contributed by atoms with Crippen molar-refractivity contribution >= 4 is 17.2 Å². The number of piperidine rings is 1. The Morgan fingerprint density at radius 1 is 1.08 bits per heavy atom. The Morgan fingerprint density at radius 3 is 2.46 bits per heavy atom. The minimum Gasteiger partial charge on any atom is -0.490 e.